The van der Waals surface area contributed by atoms with Gasteiger partial charge in [-0.25, -0.2) is 18.6 Å². The predicted molar refractivity (Wildman–Crippen MR) is 150 cm³/mol. The molecule has 6 rings (SSSR count). The Morgan fingerprint density at radius 3 is 2.50 bits per heavy atom. The largest absolute Gasteiger partial charge is 1.00 e. The molecule has 1 aliphatic rings. The summed E-state index contributed by atoms with van der Waals surface area (Å²) in [6, 6.07) is 26.7. The molecule has 2 heterocycles. The van der Waals surface area contributed by atoms with Crippen molar-refractivity contribution in [1.82, 2.24) is 4.98 Å². The number of carbonyl (C=O) groups is 1. The van der Waals surface area contributed by atoms with Crippen LogP contribution in [0.25, 0.3) is 23.1 Å². The number of hydrogen-bond acceptors (Lipinski definition) is 4. The summed E-state index contributed by atoms with van der Waals surface area (Å²) in [6.07, 6.45) is 3.76. The molecule has 1 aliphatic heterocycles. The Morgan fingerprint density at radius 2 is 1.70 bits per heavy atom. The van der Waals surface area contributed by atoms with E-state index < -0.39 is 17.6 Å². The quantitative estimate of drug-likeness (QED) is 0.296. The minimum absolute atomic E-state index is 0. The number of nitrogens with zero attached hydrogens (tertiary/aromatic N) is 1. The predicted octanol–water partition coefficient (Wildman–Crippen LogP) is 5.27. The monoisotopic (exact) mass is 561 g/mol. The number of pyridine rings is 1. The molecule has 1 unspecified atom stereocenters. The molecule has 5 aromatic rings. The fourth-order valence-electron chi connectivity index (χ4n) is 4.60. The summed E-state index contributed by atoms with van der Waals surface area (Å²) in [5.41, 5.74) is 5.40. The third-order valence-electron chi connectivity index (χ3n) is 6.59. The molecule has 4 aromatic carbocycles. The van der Waals surface area contributed by atoms with Crippen molar-refractivity contribution in [2.24, 2.45) is 0 Å². The van der Waals surface area contributed by atoms with Gasteiger partial charge in [-0.3, -0.25) is 0 Å². The van der Waals surface area contributed by atoms with Crippen molar-refractivity contribution in [3.63, 3.8) is 0 Å². The summed E-state index contributed by atoms with van der Waals surface area (Å²) in [6.45, 7) is 0.450. The summed E-state index contributed by atoms with van der Waals surface area (Å²) < 4.78 is 33.4. The molecule has 0 radical (unpaired) electrons. The maximum Gasteiger partial charge on any atom is 1.00 e. The van der Waals surface area contributed by atoms with Crippen molar-refractivity contribution < 1.29 is 54.4 Å². The van der Waals surface area contributed by atoms with Crippen molar-refractivity contribution in [3.8, 4) is 5.75 Å². The number of rotatable bonds is 5. The maximum atomic E-state index is 13.7. The molecule has 0 saturated heterocycles. The van der Waals surface area contributed by atoms with Crippen molar-refractivity contribution in [2.45, 2.75) is 16.8 Å². The number of halogens is 2. The van der Waals surface area contributed by atoms with Crippen LogP contribution < -0.4 is 34.3 Å². The number of carboxylic acids is 1. The van der Waals surface area contributed by atoms with Crippen molar-refractivity contribution in [1.29, 1.82) is 0 Å². The van der Waals surface area contributed by atoms with E-state index in [1.54, 1.807) is 36.0 Å². The van der Waals surface area contributed by atoms with Crippen LogP contribution in [0.3, 0.4) is 0 Å². The molecule has 40 heavy (non-hydrogen) atoms. The SMILES string of the molecule is O=C(O)c1ccc(SC2c3ccccc3COc3ccc(C=Cc4ccc5cc(F)c(F)cc5n4)cc32)cc1.[H-].[Na+]. The molecular weight excluding hydrogens is 539 g/mol. The van der Waals surface area contributed by atoms with E-state index in [4.69, 9.17) is 4.74 Å². The summed E-state index contributed by atoms with van der Waals surface area (Å²) in [7, 11) is 0. The number of aromatic carboxylic acids is 1. The van der Waals surface area contributed by atoms with Gasteiger partial charge >= 0.3 is 35.5 Å². The molecule has 0 bridgehead atoms. The Labute approximate surface area is 257 Å². The van der Waals surface area contributed by atoms with Gasteiger partial charge in [0.25, 0.3) is 0 Å². The number of benzene rings is 4. The van der Waals surface area contributed by atoms with Gasteiger partial charge in [-0.15, -0.1) is 11.8 Å². The van der Waals surface area contributed by atoms with Crippen molar-refractivity contribution >= 4 is 40.8 Å². The summed E-state index contributed by atoms with van der Waals surface area (Å²) >= 11 is 1.64. The Hall–Kier alpha value is -3.49. The number of fused-ring (bicyclic) bond motifs is 3. The minimum atomic E-state index is -0.959. The van der Waals surface area contributed by atoms with Crippen molar-refractivity contribution in [2.75, 3.05) is 0 Å². The van der Waals surface area contributed by atoms with E-state index in [-0.39, 0.29) is 41.8 Å². The average Bonchev–Trinajstić information content (AvgIpc) is 3.09. The van der Waals surface area contributed by atoms with Gasteiger partial charge < -0.3 is 11.3 Å². The first-order valence-electron chi connectivity index (χ1n) is 12.2. The summed E-state index contributed by atoms with van der Waals surface area (Å²) in [4.78, 5) is 16.7. The molecule has 0 fully saturated rings. The molecule has 0 amide bonds. The van der Waals surface area contributed by atoms with E-state index >= 15 is 0 Å². The van der Waals surface area contributed by atoms with Crippen LogP contribution in [-0.2, 0) is 6.61 Å². The zero-order valence-corrected chi connectivity index (χ0v) is 24.3. The first-order valence-corrected chi connectivity index (χ1v) is 13.1. The molecule has 1 atom stereocenters. The van der Waals surface area contributed by atoms with Gasteiger partial charge in [0.2, 0.25) is 0 Å². The standard InChI is InChI=1S/C32H21F2NO3S.Na.H/c33-27-16-21-7-11-23(35-29(21)17-28(27)34)10-5-19-6-14-30-26(15-19)31(25-4-2-1-3-22(25)18-38-30)39-24-12-8-20(9-13-24)32(36)37;;/h1-17,31H,18H2,(H,36,37);;/q;+1;-1. The smallest absolute Gasteiger partial charge is 1.00 e. The van der Waals surface area contributed by atoms with Gasteiger partial charge in [-0.1, -0.05) is 42.5 Å². The van der Waals surface area contributed by atoms with Gasteiger partial charge in [-0.2, -0.15) is 0 Å². The second-order valence-electron chi connectivity index (χ2n) is 9.14. The number of carboxylic acid groups (broad SMARTS) is 1. The molecule has 0 saturated carbocycles. The van der Waals surface area contributed by atoms with Crippen molar-refractivity contribution in [3.05, 3.63) is 136 Å². The van der Waals surface area contributed by atoms with E-state index in [9.17, 15) is 18.7 Å². The Balaban J connectivity index is 0.00000194. The maximum absolute atomic E-state index is 13.7. The van der Waals surface area contributed by atoms with Crippen LogP contribution >= 0.6 is 11.8 Å². The summed E-state index contributed by atoms with van der Waals surface area (Å²) in [5, 5.41) is 9.71. The average molecular weight is 562 g/mol. The molecule has 1 aromatic heterocycles. The van der Waals surface area contributed by atoms with Gasteiger partial charge in [0.15, 0.2) is 11.6 Å². The third-order valence-corrected chi connectivity index (χ3v) is 7.88. The molecule has 194 valence electrons. The second kappa shape index (κ2) is 11.9. The van der Waals surface area contributed by atoms with E-state index in [2.05, 4.69) is 23.2 Å². The molecule has 0 spiro atoms. The van der Waals surface area contributed by atoms with Crippen LogP contribution in [0.4, 0.5) is 8.78 Å². The molecule has 1 N–H and O–H groups in total. The first kappa shape index (κ1) is 28.1. The van der Waals surface area contributed by atoms with Crippen LogP contribution in [0, 0.1) is 11.6 Å². The Morgan fingerprint density at radius 1 is 0.925 bits per heavy atom. The van der Waals surface area contributed by atoms with Crippen LogP contribution in [-0.4, -0.2) is 16.1 Å². The second-order valence-corrected chi connectivity index (χ2v) is 10.3. The van der Waals surface area contributed by atoms with Crippen LogP contribution in [0.2, 0.25) is 0 Å². The number of hydrogen-bond donors (Lipinski definition) is 1. The normalized spacial score (nSPS) is 14.1. The van der Waals surface area contributed by atoms with Gasteiger partial charge in [0.05, 0.1) is 22.0 Å². The zero-order valence-electron chi connectivity index (χ0n) is 22.5. The fourth-order valence-corrected chi connectivity index (χ4v) is 5.83. The minimum Gasteiger partial charge on any atom is -1.00 e. The van der Waals surface area contributed by atoms with E-state index in [0.29, 0.717) is 23.2 Å². The molecule has 4 nitrogen and oxygen atoms in total. The van der Waals surface area contributed by atoms with E-state index in [1.165, 1.54) is 0 Å². The molecule has 0 aliphatic carbocycles. The third kappa shape index (κ3) is 5.83. The summed E-state index contributed by atoms with van der Waals surface area (Å²) in [5.74, 6) is -2.00. The van der Waals surface area contributed by atoms with Crippen LogP contribution in [0.1, 0.15) is 45.0 Å². The Kier molecular flexibility index (Phi) is 8.38. The number of ether oxygens (including phenoxy) is 1. The molecule has 8 heteroatoms. The fraction of sp³-hybridized carbons (Fsp3) is 0.0625. The number of aromatic nitrogens is 1. The van der Waals surface area contributed by atoms with Gasteiger partial charge in [0.1, 0.15) is 12.4 Å². The number of thioether (sulfide) groups is 1. The van der Waals surface area contributed by atoms with E-state index in [1.807, 2.05) is 48.6 Å². The van der Waals surface area contributed by atoms with Crippen LogP contribution in [0.15, 0.2) is 95.9 Å². The van der Waals surface area contributed by atoms with Crippen LogP contribution in [0.5, 0.6) is 5.75 Å². The Bertz CT molecular complexity index is 1760. The van der Waals surface area contributed by atoms with Gasteiger partial charge in [0, 0.05) is 21.9 Å². The molecular formula is C32H22F2NNaO3S. The zero-order chi connectivity index (χ0) is 26.9. The first-order chi connectivity index (χ1) is 18.9. The topological polar surface area (TPSA) is 59.4 Å². The van der Waals surface area contributed by atoms with Gasteiger partial charge in [-0.05, 0) is 71.3 Å². The van der Waals surface area contributed by atoms with E-state index in [0.717, 1.165) is 45.0 Å².